The van der Waals surface area contributed by atoms with Gasteiger partial charge in [-0.3, -0.25) is 9.59 Å². The first-order chi connectivity index (χ1) is 7.65. The minimum atomic E-state index is -0.415. The van der Waals surface area contributed by atoms with Gasteiger partial charge in [0.05, 0.1) is 0 Å². The van der Waals surface area contributed by atoms with Crippen molar-refractivity contribution in [3.8, 4) is 0 Å². The second-order valence-corrected chi connectivity index (χ2v) is 3.67. The predicted octanol–water partition coefficient (Wildman–Crippen LogP) is -1.29. The normalized spacial score (nSPS) is 20.2. The van der Waals surface area contributed by atoms with Crippen molar-refractivity contribution >= 4 is 11.8 Å². The topological polar surface area (TPSA) is 107 Å². The number of amides is 2. The molecular formula is C9H12N4O3. The second kappa shape index (κ2) is 4.21. The quantitative estimate of drug-likeness (QED) is 0.502. The molecule has 2 heterocycles. The van der Waals surface area contributed by atoms with Gasteiger partial charge in [0.2, 0.25) is 5.91 Å². The van der Waals surface area contributed by atoms with Gasteiger partial charge in [-0.15, -0.1) is 0 Å². The van der Waals surface area contributed by atoms with E-state index in [4.69, 9.17) is 0 Å². The Morgan fingerprint density at radius 1 is 1.44 bits per heavy atom. The van der Waals surface area contributed by atoms with Crippen LogP contribution in [-0.2, 0) is 4.79 Å². The highest BCUT2D eigenvalue weighted by Crippen LogP contribution is 2.03. The van der Waals surface area contributed by atoms with Gasteiger partial charge in [0.25, 0.3) is 5.91 Å². The average molecular weight is 224 g/mol. The molecule has 0 aromatic carbocycles. The summed E-state index contributed by atoms with van der Waals surface area (Å²) in [6, 6.07) is -0.0800. The molecule has 0 saturated carbocycles. The summed E-state index contributed by atoms with van der Waals surface area (Å²) >= 11 is 0. The molecular weight excluding hydrogens is 212 g/mol. The third-order valence-corrected chi connectivity index (χ3v) is 2.44. The van der Waals surface area contributed by atoms with Crippen LogP contribution >= 0.6 is 0 Å². The molecule has 0 bridgehead atoms. The lowest BCUT2D eigenvalue weighted by atomic mass is 10.1. The third-order valence-electron chi connectivity index (χ3n) is 2.44. The summed E-state index contributed by atoms with van der Waals surface area (Å²) in [4.78, 5) is 38.0. The van der Waals surface area contributed by atoms with Crippen LogP contribution < -0.4 is 16.3 Å². The Kier molecular flexibility index (Phi) is 2.76. The largest absolute Gasteiger partial charge is 0.354 e. The molecule has 1 aliphatic rings. The SMILES string of the molecule is O=C1CCC(NC(=O)c2c[nH]c(=O)[nH]2)CN1. The number of aromatic nitrogens is 2. The van der Waals surface area contributed by atoms with Crippen molar-refractivity contribution in [3.05, 3.63) is 22.4 Å². The van der Waals surface area contributed by atoms with Gasteiger partial charge in [-0.2, -0.15) is 0 Å². The van der Waals surface area contributed by atoms with Crippen LogP contribution in [-0.4, -0.2) is 34.4 Å². The van der Waals surface area contributed by atoms with Crippen molar-refractivity contribution in [2.75, 3.05) is 6.54 Å². The van der Waals surface area contributed by atoms with Crippen LogP contribution in [0.2, 0.25) is 0 Å². The minimum Gasteiger partial charge on any atom is -0.354 e. The standard InChI is InChI=1S/C9H12N4O3/c14-7-2-1-5(3-10-7)12-8(15)6-4-11-9(16)13-6/h4-5H,1-3H2,(H,10,14)(H,12,15)(H2,11,13,16). The van der Waals surface area contributed by atoms with Crippen molar-refractivity contribution in [3.63, 3.8) is 0 Å². The van der Waals surface area contributed by atoms with Crippen molar-refractivity contribution < 1.29 is 9.59 Å². The highest BCUT2D eigenvalue weighted by Gasteiger charge is 2.20. The Morgan fingerprint density at radius 3 is 2.81 bits per heavy atom. The molecule has 1 aromatic rings. The van der Waals surface area contributed by atoms with Crippen LogP contribution in [0, 0.1) is 0 Å². The zero-order valence-corrected chi connectivity index (χ0v) is 8.50. The highest BCUT2D eigenvalue weighted by molar-refractivity contribution is 5.92. The first-order valence-corrected chi connectivity index (χ1v) is 5.00. The number of aromatic amines is 2. The Bertz CT molecular complexity index is 451. The maximum Gasteiger partial charge on any atom is 0.323 e. The summed E-state index contributed by atoms with van der Waals surface area (Å²) in [5.74, 6) is -0.347. The van der Waals surface area contributed by atoms with Gasteiger partial charge < -0.3 is 20.6 Å². The van der Waals surface area contributed by atoms with E-state index in [1.807, 2.05) is 0 Å². The van der Waals surface area contributed by atoms with E-state index in [-0.39, 0.29) is 23.6 Å². The summed E-state index contributed by atoms with van der Waals surface area (Å²) in [5, 5.41) is 5.39. The van der Waals surface area contributed by atoms with Gasteiger partial charge in [0.1, 0.15) is 5.69 Å². The van der Waals surface area contributed by atoms with Crippen LogP contribution in [0.4, 0.5) is 0 Å². The van der Waals surface area contributed by atoms with Gasteiger partial charge in [0.15, 0.2) is 0 Å². The number of piperidine rings is 1. The van der Waals surface area contributed by atoms with E-state index in [1.165, 1.54) is 6.20 Å². The molecule has 7 heteroatoms. The molecule has 16 heavy (non-hydrogen) atoms. The van der Waals surface area contributed by atoms with E-state index in [2.05, 4.69) is 20.6 Å². The van der Waals surface area contributed by atoms with Crippen LogP contribution in [0.15, 0.2) is 11.0 Å². The first-order valence-electron chi connectivity index (χ1n) is 5.00. The lowest BCUT2D eigenvalue weighted by molar-refractivity contribution is -0.122. The minimum absolute atomic E-state index is 0.000510. The maximum atomic E-state index is 11.6. The number of hydrogen-bond donors (Lipinski definition) is 4. The fourth-order valence-electron chi connectivity index (χ4n) is 1.57. The molecule has 1 aromatic heterocycles. The van der Waals surface area contributed by atoms with E-state index < -0.39 is 5.69 Å². The molecule has 1 fully saturated rings. The zero-order valence-electron chi connectivity index (χ0n) is 8.50. The Hall–Kier alpha value is -2.05. The highest BCUT2D eigenvalue weighted by atomic mass is 16.2. The Morgan fingerprint density at radius 2 is 2.25 bits per heavy atom. The van der Waals surface area contributed by atoms with Gasteiger partial charge in [-0.05, 0) is 6.42 Å². The molecule has 1 atom stereocenters. The van der Waals surface area contributed by atoms with Crippen LogP contribution in [0.1, 0.15) is 23.3 Å². The number of carbonyl (C=O) groups excluding carboxylic acids is 2. The van der Waals surface area contributed by atoms with Crippen molar-refractivity contribution in [2.45, 2.75) is 18.9 Å². The van der Waals surface area contributed by atoms with Crippen molar-refractivity contribution in [2.24, 2.45) is 0 Å². The fourth-order valence-corrected chi connectivity index (χ4v) is 1.57. The molecule has 1 unspecified atom stereocenters. The van der Waals surface area contributed by atoms with Gasteiger partial charge in [-0.1, -0.05) is 0 Å². The predicted molar refractivity (Wildman–Crippen MR) is 54.9 cm³/mol. The van der Waals surface area contributed by atoms with E-state index >= 15 is 0 Å². The van der Waals surface area contributed by atoms with E-state index in [9.17, 15) is 14.4 Å². The number of imidazole rings is 1. The van der Waals surface area contributed by atoms with E-state index in [0.29, 0.717) is 19.4 Å². The summed E-state index contributed by atoms with van der Waals surface area (Å²) in [6.45, 7) is 0.430. The number of nitrogens with one attached hydrogen (secondary N) is 4. The van der Waals surface area contributed by atoms with Gasteiger partial charge in [0, 0.05) is 25.2 Å². The molecule has 2 amide bonds. The molecule has 1 aliphatic heterocycles. The third kappa shape index (κ3) is 2.30. The van der Waals surface area contributed by atoms with Gasteiger partial charge in [-0.25, -0.2) is 4.79 Å². The summed E-state index contributed by atoms with van der Waals surface area (Å²) in [6.07, 6.45) is 2.35. The number of hydrogen-bond acceptors (Lipinski definition) is 3. The molecule has 0 spiro atoms. The maximum absolute atomic E-state index is 11.6. The number of rotatable bonds is 2. The lowest BCUT2D eigenvalue weighted by Crippen LogP contribution is -2.47. The summed E-state index contributed by atoms with van der Waals surface area (Å²) in [7, 11) is 0. The molecule has 1 saturated heterocycles. The fraction of sp³-hybridized carbons (Fsp3) is 0.444. The second-order valence-electron chi connectivity index (χ2n) is 3.67. The summed E-state index contributed by atoms with van der Waals surface area (Å²) in [5.41, 5.74) is -0.219. The van der Waals surface area contributed by atoms with E-state index in [1.54, 1.807) is 0 Å². The molecule has 2 rings (SSSR count). The number of H-pyrrole nitrogens is 2. The molecule has 86 valence electrons. The monoisotopic (exact) mass is 224 g/mol. The molecule has 7 nitrogen and oxygen atoms in total. The summed E-state index contributed by atoms with van der Waals surface area (Å²) < 4.78 is 0. The Balaban J connectivity index is 1.92. The number of carbonyl (C=O) groups is 2. The smallest absolute Gasteiger partial charge is 0.323 e. The molecule has 0 radical (unpaired) electrons. The van der Waals surface area contributed by atoms with Gasteiger partial charge >= 0.3 is 5.69 Å². The zero-order chi connectivity index (χ0) is 11.5. The molecule has 4 N–H and O–H groups in total. The molecule has 0 aliphatic carbocycles. The van der Waals surface area contributed by atoms with Crippen molar-refractivity contribution in [1.29, 1.82) is 0 Å². The Labute approximate surface area is 90.6 Å². The average Bonchev–Trinajstić information content (AvgIpc) is 2.68. The van der Waals surface area contributed by atoms with E-state index in [0.717, 1.165) is 0 Å². The van der Waals surface area contributed by atoms with Crippen LogP contribution in [0.25, 0.3) is 0 Å². The van der Waals surface area contributed by atoms with Crippen LogP contribution in [0.5, 0.6) is 0 Å². The van der Waals surface area contributed by atoms with Crippen molar-refractivity contribution in [1.82, 2.24) is 20.6 Å². The lowest BCUT2D eigenvalue weighted by Gasteiger charge is -2.22. The van der Waals surface area contributed by atoms with Crippen LogP contribution in [0.3, 0.4) is 0 Å². The first kappa shape index (κ1) is 10.5.